The second-order valence-electron chi connectivity index (χ2n) is 7.85. The Kier molecular flexibility index (Phi) is 8.35. The maximum absolute atomic E-state index is 12.0. The summed E-state index contributed by atoms with van der Waals surface area (Å²) < 4.78 is 48.4. The van der Waals surface area contributed by atoms with Gasteiger partial charge < -0.3 is 39.1 Å². The summed E-state index contributed by atoms with van der Waals surface area (Å²) in [4.78, 5) is 49.5. The number of aromatic nitrogens is 2. The highest BCUT2D eigenvalue weighted by Crippen LogP contribution is 2.57. The fourth-order valence-electron chi connectivity index (χ4n) is 3.40. The smallest absolute Gasteiger partial charge is 0.330 e. The zero-order valence-corrected chi connectivity index (χ0v) is 19.7. The van der Waals surface area contributed by atoms with Gasteiger partial charge in [-0.3, -0.25) is 28.0 Å². The topological polar surface area (TPSA) is 242 Å². The van der Waals surface area contributed by atoms with E-state index in [1.807, 2.05) is 0 Å². The van der Waals surface area contributed by atoms with Gasteiger partial charge in [0.15, 0.2) is 6.29 Å². The first-order valence-electron chi connectivity index (χ1n) is 10.0. The van der Waals surface area contributed by atoms with Crippen molar-refractivity contribution in [3.63, 3.8) is 0 Å². The van der Waals surface area contributed by atoms with Gasteiger partial charge in [-0.25, -0.2) is 9.11 Å². The molecule has 34 heavy (non-hydrogen) atoms. The van der Waals surface area contributed by atoms with Crippen LogP contribution in [-0.2, 0) is 32.0 Å². The van der Waals surface area contributed by atoms with Gasteiger partial charge in [-0.1, -0.05) is 0 Å². The largest absolute Gasteiger partial charge is 0.756 e. The molecule has 4 N–H and O–H groups in total. The van der Waals surface area contributed by atoms with Crippen molar-refractivity contribution in [3.05, 3.63) is 32.6 Å². The third kappa shape index (κ3) is 6.69. The maximum Gasteiger partial charge on any atom is 0.330 e. The maximum atomic E-state index is 12.0. The van der Waals surface area contributed by atoms with Gasteiger partial charge in [-0.15, -0.1) is 0 Å². The lowest BCUT2D eigenvalue weighted by Crippen LogP contribution is -2.47. The molecule has 1 aromatic heterocycles. The van der Waals surface area contributed by atoms with Crippen LogP contribution in [0.5, 0.6) is 0 Å². The molecule has 16 nitrogen and oxygen atoms in total. The van der Waals surface area contributed by atoms with E-state index in [0.29, 0.717) is 0 Å². The average Bonchev–Trinajstić information content (AvgIpc) is 3.06. The van der Waals surface area contributed by atoms with E-state index in [0.717, 1.165) is 4.57 Å². The van der Waals surface area contributed by atoms with E-state index in [1.165, 1.54) is 20.0 Å². The number of aryl methyl sites for hydroxylation is 1. The first-order valence-corrected chi connectivity index (χ1v) is 12.9. The number of ether oxygens (including phenoxy) is 2. The molecule has 2 unspecified atom stereocenters. The van der Waals surface area contributed by atoms with Crippen molar-refractivity contribution in [2.45, 2.75) is 69.7 Å². The van der Waals surface area contributed by atoms with Crippen molar-refractivity contribution >= 4 is 15.6 Å². The van der Waals surface area contributed by atoms with Crippen LogP contribution in [0.3, 0.4) is 0 Å². The van der Waals surface area contributed by atoms with E-state index in [4.69, 9.17) is 9.47 Å². The van der Waals surface area contributed by atoms with Gasteiger partial charge in [0.05, 0.1) is 24.9 Å². The molecule has 0 radical (unpaired) electrons. The third-order valence-corrected chi connectivity index (χ3v) is 7.74. The molecule has 0 saturated carbocycles. The van der Waals surface area contributed by atoms with Gasteiger partial charge in [-0.05, 0) is 13.8 Å². The van der Waals surface area contributed by atoms with Gasteiger partial charge in [0.25, 0.3) is 21.2 Å². The normalized spacial score (nSPS) is 35.6. The van der Waals surface area contributed by atoms with Crippen molar-refractivity contribution in [2.75, 3.05) is 6.61 Å². The molecule has 1 aromatic rings. The van der Waals surface area contributed by atoms with Gasteiger partial charge in [0.1, 0.15) is 18.4 Å². The first-order chi connectivity index (χ1) is 15.7. The molecule has 2 aliphatic rings. The minimum Gasteiger partial charge on any atom is -0.756 e. The minimum atomic E-state index is -5.56. The SMILES string of the molecule is Cc1cn([C@H]2C[C@H](O)[C@@H](COP(=O)([O-])OP(=O)([O-])O[C@@H]3C[C@@H](O)[C@H](O)[C@@H](C)O3)O2)c(=O)[nH]c1=O. The van der Waals surface area contributed by atoms with Crippen LogP contribution in [0.15, 0.2) is 15.8 Å². The summed E-state index contributed by atoms with van der Waals surface area (Å²) >= 11 is 0. The van der Waals surface area contributed by atoms with E-state index >= 15 is 0 Å². The fourth-order valence-corrected chi connectivity index (χ4v) is 5.48. The van der Waals surface area contributed by atoms with Gasteiger partial charge in [-0.2, -0.15) is 0 Å². The first kappa shape index (κ1) is 27.3. The number of nitrogens with zero attached hydrogens (tertiary/aromatic N) is 1. The second kappa shape index (κ2) is 10.4. The minimum absolute atomic E-state index is 0.155. The van der Waals surface area contributed by atoms with Crippen LogP contribution in [0.4, 0.5) is 0 Å². The second-order valence-corrected chi connectivity index (χ2v) is 10.8. The molecule has 0 amide bonds. The molecule has 2 aliphatic heterocycles. The lowest BCUT2D eigenvalue weighted by Gasteiger charge is -2.38. The molecule has 0 aromatic carbocycles. The van der Waals surface area contributed by atoms with E-state index in [1.54, 1.807) is 0 Å². The number of rotatable bonds is 8. The number of H-pyrrole nitrogens is 1. The van der Waals surface area contributed by atoms with Crippen LogP contribution in [0.1, 0.15) is 31.6 Å². The third-order valence-electron chi connectivity index (χ3n) is 5.18. The Balaban J connectivity index is 1.56. The number of aromatic amines is 1. The Morgan fingerprint density at radius 2 is 1.82 bits per heavy atom. The summed E-state index contributed by atoms with van der Waals surface area (Å²) in [5, 5.41) is 29.4. The summed E-state index contributed by atoms with van der Waals surface area (Å²) in [6.07, 6.45) is -8.36. The predicted molar refractivity (Wildman–Crippen MR) is 105 cm³/mol. The lowest BCUT2D eigenvalue weighted by molar-refractivity contribution is -0.273. The molecule has 9 atom stereocenters. The molecular formula is C16H24N2O14P2-2. The Hall–Kier alpha value is -1.26. The zero-order valence-electron chi connectivity index (χ0n) is 17.9. The molecule has 2 fully saturated rings. The van der Waals surface area contributed by atoms with Crippen molar-refractivity contribution in [3.8, 4) is 0 Å². The molecule has 0 bridgehead atoms. The number of phosphoric acid groups is 2. The fraction of sp³-hybridized carbons (Fsp3) is 0.750. The van der Waals surface area contributed by atoms with Crippen molar-refractivity contribution in [2.24, 2.45) is 0 Å². The van der Waals surface area contributed by atoms with Crippen LogP contribution in [0.2, 0.25) is 0 Å². The van der Waals surface area contributed by atoms with Crippen LogP contribution in [0.25, 0.3) is 0 Å². The Morgan fingerprint density at radius 1 is 1.15 bits per heavy atom. The number of aliphatic hydroxyl groups is 3. The number of phosphoric ester groups is 2. The van der Waals surface area contributed by atoms with Crippen molar-refractivity contribution in [1.29, 1.82) is 0 Å². The number of aliphatic hydroxyl groups excluding tert-OH is 3. The molecule has 3 heterocycles. The summed E-state index contributed by atoms with van der Waals surface area (Å²) in [6.45, 7) is 1.92. The highest BCUT2D eigenvalue weighted by Gasteiger charge is 2.39. The van der Waals surface area contributed by atoms with E-state index in [-0.39, 0.29) is 12.0 Å². The summed E-state index contributed by atoms with van der Waals surface area (Å²) in [7, 11) is -11.1. The van der Waals surface area contributed by atoms with E-state index in [2.05, 4.69) is 18.3 Å². The van der Waals surface area contributed by atoms with Gasteiger partial charge >= 0.3 is 5.69 Å². The molecule has 0 aliphatic carbocycles. The molecule has 2 saturated heterocycles. The molecule has 194 valence electrons. The summed E-state index contributed by atoms with van der Waals surface area (Å²) in [5.74, 6) is 0. The van der Waals surface area contributed by atoms with Crippen LogP contribution in [-0.4, -0.2) is 68.3 Å². The van der Waals surface area contributed by atoms with Crippen molar-refractivity contribution < 1.29 is 57.1 Å². The molecular weight excluding hydrogens is 506 g/mol. The number of nitrogens with one attached hydrogen (secondary N) is 1. The van der Waals surface area contributed by atoms with E-state index in [9.17, 15) is 43.8 Å². The van der Waals surface area contributed by atoms with Crippen molar-refractivity contribution in [1.82, 2.24) is 9.55 Å². The van der Waals surface area contributed by atoms with Crippen LogP contribution in [0, 0.1) is 6.92 Å². The van der Waals surface area contributed by atoms with Crippen LogP contribution < -0.4 is 21.0 Å². The van der Waals surface area contributed by atoms with E-state index < -0.39 is 83.0 Å². The summed E-state index contributed by atoms with van der Waals surface area (Å²) in [6, 6.07) is 0. The zero-order chi connectivity index (χ0) is 25.4. The Bertz CT molecular complexity index is 1080. The van der Waals surface area contributed by atoms with Gasteiger partial charge in [0.2, 0.25) is 0 Å². The average molecular weight is 530 g/mol. The molecule has 3 rings (SSSR count). The van der Waals surface area contributed by atoms with Gasteiger partial charge in [0, 0.05) is 24.6 Å². The Morgan fingerprint density at radius 3 is 2.47 bits per heavy atom. The number of hydrogen-bond donors (Lipinski definition) is 4. The lowest BCUT2D eigenvalue weighted by atomic mass is 10.0. The number of hydrogen-bond acceptors (Lipinski definition) is 14. The van der Waals surface area contributed by atoms with Crippen LogP contribution >= 0.6 is 15.6 Å². The monoisotopic (exact) mass is 530 g/mol. The summed E-state index contributed by atoms with van der Waals surface area (Å²) in [5.41, 5.74) is -1.22. The predicted octanol–water partition coefficient (Wildman–Crippen LogP) is -2.66. The highest BCUT2D eigenvalue weighted by atomic mass is 31.3. The highest BCUT2D eigenvalue weighted by molar-refractivity contribution is 7.59. The molecule has 0 spiro atoms. The standard InChI is InChI=1S/C16H26N2O14P2/c1-7-5-18(16(23)17-15(7)22)12-3-9(19)11(30-12)6-28-33(24,25)32-34(26,27)31-13-4-10(20)14(21)8(2)29-13/h5,8-14,19-21H,3-4,6H2,1-2H3,(H,24,25)(H,26,27)(H,17,22,23)/p-2/t8-,9+,10-,11-,12-,13-,14-/m1/s1. The molecule has 18 heteroatoms. The quantitative estimate of drug-likeness (QED) is 0.251. The Labute approximate surface area is 191 Å².